The van der Waals surface area contributed by atoms with Gasteiger partial charge in [-0.25, -0.2) is 9.37 Å². The van der Waals surface area contributed by atoms with Crippen LogP contribution in [0.15, 0.2) is 53.9 Å². The minimum absolute atomic E-state index is 0.0728. The molecule has 3 aromatic rings. The highest BCUT2D eigenvalue weighted by atomic mass is 32.1. The van der Waals surface area contributed by atoms with E-state index in [9.17, 15) is 9.18 Å². The van der Waals surface area contributed by atoms with Gasteiger partial charge in [0.15, 0.2) is 0 Å². The molecular formula is C22H22FN3O2S. The Bertz CT molecular complexity index is 990. The number of benzene rings is 2. The molecule has 2 heterocycles. The standard InChI is InChI=1S/C22H22FN3O2S/c1-15-24-20(14-29-15)17-3-2-4-19(11-17)25-22(27)13-26-9-10-28-21(12-26)16-5-7-18(23)8-6-16/h2-8,11,14,21H,9-10,12-13H2,1H3,(H,25,27). The van der Waals surface area contributed by atoms with E-state index in [0.29, 0.717) is 19.7 Å². The fraction of sp³-hybridized carbons (Fsp3) is 0.273. The Hall–Kier alpha value is -2.61. The predicted octanol–water partition coefficient (Wildman–Crippen LogP) is 4.27. The zero-order valence-corrected chi connectivity index (χ0v) is 16.9. The summed E-state index contributed by atoms with van der Waals surface area (Å²) in [6, 6.07) is 14.0. The zero-order chi connectivity index (χ0) is 20.2. The van der Waals surface area contributed by atoms with Crippen molar-refractivity contribution in [2.45, 2.75) is 13.0 Å². The van der Waals surface area contributed by atoms with Crippen LogP contribution < -0.4 is 5.32 Å². The molecule has 0 saturated carbocycles. The molecule has 1 amide bonds. The van der Waals surface area contributed by atoms with Gasteiger partial charge in [0.1, 0.15) is 5.82 Å². The highest BCUT2D eigenvalue weighted by molar-refractivity contribution is 7.09. The highest BCUT2D eigenvalue weighted by Gasteiger charge is 2.23. The molecule has 0 bridgehead atoms. The number of nitrogens with zero attached hydrogens (tertiary/aromatic N) is 2. The Morgan fingerprint density at radius 3 is 2.90 bits per heavy atom. The number of nitrogens with one attached hydrogen (secondary N) is 1. The van der Waals surface area contributed by atoms with Crippen LogP contribution in [0.3, 0.4) is 0 Å². The quantitative estimate of drug-likeness (QED) is 0.681. The number of hydrogen-bond acceptors (Lipinski definition) is 5. The summed E-state index contributed by atoms with van der Waals surface area (Å²) in [5.74, 6) is -0.341. The van der Waals surface area contributed by atoms with Gasteiger partial charge in [-0.15, -0.1) is 11.3 Å². The van der Waals surface area contributed by atoms with Crippen molar-refractivity contribution in [3.8, 4) is 11.3 Å². The third-order valence-electron chi connectivity index (χ3n) is 4.82. The average Bonchev–Trinajstić information content (AvgIpc) is 3.15. The van der Waals surface area contributed by atoms with E-state index < -0.39 is 0 Å². The van der Waals surface area contributed by atoms with E-state index in [1.807, 2.05) is 36.6 Å². The minimum Gasteiger partial charge on any atom is -0.371 e. The predicted molar refractivity (Wildman–Crippen MR) is 112 cm³/mol. The lowest BCUT2D eigenvalue weighted by molar-refractivity contribution is -0.119. The molecule has 1 aromatic heterocycles. The summed E-state index contributed by atoms with van der Waals surface area (Å²) in [6.45, 7) is 4.07. The molecule has 1 unspecified atom stereocenters. The van der Waals surface area contributed by atoms with Gasteiger partial charge in [-0.3, -0.25) is 9.69 Å². The van der Waals surface area contributed by atoms with Crippen LogP contribution in [0.1, 0.15) is 16.7 Å². The van der Waals surface area contributed by atoms with Crippen molar-refractivity contribution in [2.24, 2.45) is 0 Å². The van der Waals surface area contributed by atoms with E-state index >= 15 is 0 Å². The summed E-state index contributed by atoms with van der Waals surface area (Å²) in [4.78, 5) is 19.1. The number of amides is 1. The first-order valence-electron chi connectivity index (χ1n) is 9.49. The molecule has 0 spiro atoms. The number of aromatic nitrogens is 1. The maximum Gasteiger partial charge on any atom is 0.238 e. The molecule has 7 heteroatoms. The highest BCUT2D eigenvalue weighted by Crippen LogP contribution is 2.25. The summed E-state index contributed by atoms with van der Waals surface area (Å²) in [6.07, 6.45) is -0.159. The molecular weight excluding hydrogens is 389 g/mol. The summed E-state index contributed by atoms with van der Waals surface area (Å²) in [7, 11) is 0. The van der Waals surface area contributed by atoms with Crippen molar-refractivity contribution in [3.05, 3.63) is 70.3 Å². The van der Waals surface area contributed by atoms with Crippen LogP contribution >= 0.6 is 11.3 Å². The van der Waals surface area contributed by atoms with Gasteiger partial charge in [-0.2, -0.15) is 0 Å². The largest absolute Gasteiger partial charge is 0.371 e. The van der Waals surface area contributed by atoms with Gasteiger partial charge in [0.2, 0.25) is 5.91 Å². The number of carbonyl (C=O) groups is 1. The third kappa shape index (κ3) is 5.06. The number of ether oxygens (including phenoxy) is 1. The van der Waals surface area contributed by atoms with Gasteiger partial charge >= 0.3 is 0 Å². The van der Waals surface area contributed by atoms with Crippen LogP contribution in [0.25, 0.3) is 11.3 Å². The number of rotatable bonds is 5. The van der Waals surface area contributed by atoms with Crippen LogP contribution in [0.4, 0.5) is 10.1 Å². The molecule has 1 aliphatic rings. The van der Waals surface area contributed by atoms with Crippen LogP contribution in [-0.4, -0.2) is 42.0 Å². The molecule has 5 nitrogen and oxygen atoms in total. The van der Waals surface area contributed by atoms with E-state index in [2.05, 4.69) is 15.2 Å². The van der Waals surface area contributed by atoms with E-state index in [4.69, 9.17) is 4.74 Å². The molecule has 1 fully saturated rings. The van der Waals surface area contributed by atoms with E-state index in [0.717, 1.165) is 27.5 Å². The number of morpholine rings is 1. The van der Waals surface area contributed by atoms with Crippen molar-refractivity contribution < 1.29 is 13.9 Å². The minimum atomic E-state index is -0.268. The van der Waals surface area contributed by atoms with E-state index in [-0.39, 0.29) is 24.4 Å². The second-order valence-corrected chi connectivity index (χ2v) is 8.09. The monoisotopic (exact) mass is 411 g/mol. The molecule has 2 aromatic carbocycles. The van der Waals surface area contributed by atoms with Gasteiger partial charge in [0.05, 0.1) is 30.0 Å². The topological polar surface area (TPSA) is 54.5 Å². The first-order valence-corrected chi connectivity index (χ1v) is 10.4. The second-order valence-electron chi connectivity index (χ2n) is 7.03. The third-order valence-corrected chi connectivity index (χ3v) is 5.59. The molecule has 4 rings (SSSR count). The number of halogens is 1. The van der Waals surface area contributed by atoms with Crippen LogP contribution in [0, 0.1) is 12.7 Å². The summed E-state index contributed by atoms with van der Waals surface area (Å²) >= 11 is 1.60. The number of thiazole rings is 1. The molecule has 1 N–H and O–H groups in total. The fourth-order valence-electron chi connectivity index (χ4n) is 3.38. The Kier molecular flexibility index (Phi) is 5.99. The molecule has 0 aliphatic carbocycles. The maximum absolute atomic E-state index is 13.1. The van der Waals surface area contributed by atoms with Gasteiger partial charge in [-0.1, -0.05) is 24.3 Å². The molecule has 0 radical (unpaired) electrons. The first-order chi connectivity index (χ1) is 14.1. The second kappa shape index (κ2) is 8.82. The zero-order valence-electron chi connectivity index (χ0n) is 16.1. The Morgan fingerprint density at radius 2 is 2.14 bits per heavy atom. The lowest BCUT2D eigenvalue weighted by Crippen LogP contribution is -2.42. The molecule has 1 atom stereocenters. The van der Waals surface area contributed by atoms with Crippen molar-refractivity contribution in [1.29, 1.82) is 0 Å². The Labute approximate surface area is 173 Å². The van der Waals surface area contributed by atoms with Crippen molar-refractivity contribution >= 4 is 22.9 Å². The van der Waals surface area contributed by atoms with Crippen LogP contribution in [0.2, 0.25) is 0 Å². The van der Waals surface area contributed by atoms with E-state index in [1.54, 1.807) is 23.5 Å². The first kappa shape index (κ1) is 19.7. The molecule has 1 aliphatic heterocycles. The number of carbonyl (C=O) groups excluding carboxylic acids is 1. The number of hydrogen-bond donors (Lipinski definition) is 1. The Balaban J connectivity index is 1.36. The molecule has 29 heavy (non-hydrogen) atoms. The number of anilines is 1. The normalized spacial score (nSPS) is 17.2. The Morgan fingerprint density at radius 1 is 1.31 bits per heavy atom. The summed E-state index contributed by atoms with van der Waals surface area (Å²) in [5.41, 5.74) is 3.57. The van der Waals surface area contributed by atoms with E-state index in [1.165, 1.54) is 12.1 Å². The van der Waals surface area contributed by atoms with Gasteiger partial charge in [-0.05, 0) is 36.8 Å². The van der Waals surface area contributed by atoms with Crippen molar-refractivity contribution in [3.63, 3.8) is 0 Å². The smallest absolute Gasteiger partial charge is 0.238 e. The van der Waals surface area contributed by atoms with Crippen LogP contribution in [0.5, 0.6) is 0 Å². The SMILES string of the molecule is Cc1nc(-c2cccc(NC(=O)CN3CCOC(c4ccc(F)cc4)C3)c2)cs1. The van der Waals surface area contributed by atoms with Gasteiger partial charge < -0.3 is 10.1 Å². The fourth-order valence-corrected chi connectivity index (χ4v) is 4.00. The van der Waals surface area contributed by atoms with Crippen LogP contribution in [-0.2, 0) is 9.53 Å². The molecule has 1 saturated heterocycles. The maximum atomic E-state index is 13.1. The average molecular weight is 412 g/mol. The van der Waals surface area contributed by atoms with Gasteiger partial charge in [0.25, 0.3) is 0 Å². The number of aryl methyl sites for hydroxylation is 1. The van der Waals surface area contributed by atoms with Crippen molar-refractivity contribution in [2.75, 3.05) is 31.6 Å². The van der Waals surface area contributed by atoms with Crippen molar-refractivity contribution in [1.82, 2.24) is 9.88 Å². The molecule has 150 valence electrons. The lowest BCUT2D eigenvalue weighted by Gasteiger charge is -2.32. The van der Waals surface area contributed by atoms with Gasteiger partial charge in [0, 0.05) is 29.7 Å². The summed E-state index contributed by atoms with van der Waals surface area (Å²) < 4.78 is 18.9. The summed E-state index contributed by atoms with van der Waals surface area (Å²) in [5, 5.41) is 6.00. The lowest BCUT2D eigenvalue weighted by atomic mass is 10.1.